The van der Waals surface area contributed by atoms with Gasteiger partial charge in [-0.1, -0.05) is 12.1 Å². The summed E-state index contributed by atoms with van der Waals surface area (Å²) in [4.78, 5) is 38.9. The van der Waals surface area contributed by atoms with Crippen molar-refractivity contribution < 1.29 is 22.9 Å². The fraction of sp³-hybridized carbons (Fsp3) is 0.412. The Morgan fingerprint density at radius 3 is 2.68 bits per heavy atom. The molecule has 1 aromatic carbocycles. The third-order valence-electron chi connectivity index (χ3n) is 5.45. The molecule has 3 heterocycles. The molecule has 0 aliphatic carbocycles. The van der Waals surface area contributed by atoms with Gasteiger partial charge in [0.25, 0.3) is 11.6 Å². The molecule has 0 spiro atoms. The quantitative estimate of drug-likeness (QED) is 0.577. The van der Waals surface area contributed by atoms with Crippen LogP contribution in [0.15, 0.2) is 35.5 Å². The van der Waals surface area contributed by atoms with Crippen LogP contribution in [-0.2, 0) is 14.6 Å². The minimum atomic E-state index is -3.18. The van der Waals surface area contributed by atoms with Crippen LogP contribution in [0, 0.1) is 10.1 Å². The lowest BCUT2D eigenvalue weighted by atomic mass is 9.95. The number of sulfone groups is 1. The predicted octanol–water partition coefficient (Wildman–Crippen LogP) is 0.574. The van der Waals surface area contributed by atoms with Crippen LogP contribution in [0.25, 0.3) is 0 Å². The Hall–Kier alpha value is -2.95. The molecule has 0 saturated carbocycles. The molecular weight excluding hydrogens is 388 g/mol. The SMILES string of the molecule is CN1C(=O)N[C@@H](c2cccc([N+](=O)[O-])c2)C2=C1CN([C@@H]1CCS(=O)(=O)C1)C2=O. The lowest BCUT2D eigenvalue weighted by Crippen LogP contribution is -2.45. The summed E-state index contributed by atoms with van der Waals surface area (Å²) >= 11 is 0. The Balaban J connectivity index is 1.72. The van der Waals surface area contributed by atoms with Gasteiger partial charge < -0.3 is 10.2 Å². The summed E-state index contributed by atoms with van der Waals surface area (Å²) in [6, 6.07) is 4.09. The van der Waals surface area contributed by atoms with E-state index in [4.69, 9.17) is 0 Å². The maximum absolute atomic E-state index is 13.2. The average molecular weight is 406 g/mol. The first-order chi connectivity index (χ1) is 13.2. The number of nitrogens with zero attached hydrogens (tertiary/aromatic N) is 3. The van der Waals surface area contributed by atoms with Gasteiger partial charge in [-0.2, -0.15) is 0 Å². The number of hydrogen-bond acceptors (Lipinski definition) is 6. The third-order valence-corrected chi connectivity index (χ3v) is 7.20. The van der Waals surface area contributed by atoms with Crippen LogP contribution in [0.5, 0.6) is 0 Å². The normalized spacial score (nSPS) is 26.5. The monoisotopic (exact) mass is 406 g/mol. The topological polar surface area (TPSA) is 130 Å². The van der Waals surface area contributed by atoms with Gasteiger partial charge in [-0.25, -0.2) is 13.2 Å². The van der Waals surface area contributed by atoms with Crippen LogP contribution >= 0.6 is 0 Å². The van der Waals surface area contributed by atoms with E-state index < -0.39 is 32.9 Å². The maximum Gasteiger partial charge on any atom is 0.322 e. The van der Waals surface area contributed by atoms with E-state index in [0.717, 1.165) is 0 Å². The summed E-state index contributed by atoms with van der Waals surface area (Å²) < 4.78 is 23.7. The van der Waals surface area contributed by atoms with E-state index in [9.17, 15) is 28.1 Å². The second-order valence-electron chi connectivity index (χ2n) is 7.14. The fourth-order valence-corrected chi connectivity index (χ4v) is 5.70. The highest BCUT2D eigenvalue weighted by Crippen LogP contribution is 2.38. The van der Waals surface area contributed by atoms with Crippen molar-refractivity contribution in [1.29, 1.82) is 0 Å². The second-order valence-corrected chi connectivity index (χ2v) is 9.37. The summed E-state index contributed by atoms with van der Waals surface area (Å²) in [5.41, 5.74) is 1.11. The molecule has 28 heavy (non-hydrogen) atoms. The second kappa shape index (κ2) is 6.30. The number of carbonyl (C=O) groups excluding carboxylic acids is 2. The molecule has 0 radical (unpaired) electrons. The molecule has 0 bridgehead atoms. The largest absolute Gasteiger partial charge is 0.329 e. The van der Waals surface area contributed by atoms with Gasteiger partial charge in [0.1, 0.15) is 0 Å². The molecule has 3 aliphatic heterocycles. The van der Waals surface area contributed by atoms with Gasteiger partial charge in [0.15, 0.2) is 9.84 Å². The summed E-state index contributed by atoms with van der Waals surface area (Å²) in [7, 11) is -1.64. The average Bonchev–Trinajstić information content (AvgIpc) is 3.18. The van der Waals surface area contributed by atoms with Gasteiger partial charge in [-0.3, -0.25) is 19.8 Å². The van der Waals surface area contributed by atoms with Crippen molar-refractivity contribution in [3.8, 4) is 0 Å². The van der Waals surface area contributed by atoms with Crippen molar-refractivity contribution in [2.75, 3.05) is 25.1 Å². The van der Waals surface area contributed by atoms with Gasteiger partial charge in [0, 0.05) is 25.2 Å². The van der Waals surface area contributed by atoms with Crippen molar-refractivity contribution in [1.82, 2.24) is 15.1 Å². The highest BCUT2D eigenvalue weighted by atomic mass is 32.2. The lowest BCUT2D eigenvalue weighted by molar-refractivity contribution is -0.384. The molecule has 0 aromatic heterocycles. The molecular formula is C17H18N4O6S. The zero-order chi connectivity index (χ0) is 20.2. The molecule has 1 aromatic rings. The van der Waals surface area contributed by atoms with E-state index in [1.807, 2.05) is 0 Å². The number of non-ortho nitro benzene ring substituents is 1. The summed E-state index contributed by atoms with van der Waals surface area (Å²) in [6.45, 7) is 0.143. The minimum Gasteiger partial charge on any atom is -0.329 e. The number of rotatable bonds is 3. The number of amides is 3. The predicted molar refractivity (Wildman–Crippen MR) is 97.9 cm³/mol. The van der Waals surface area contributed by atoms with Gasteiger partial charge in [0.05, 0.1) is 40.3 Å². The molecule has 3 aliphatic rings. The summed E-state index contributed by atoms with van der Waals surface area (Å²) in [6.07, 6.45) is 0.362. The summed E-state index contributed by atoms with van der Waals surface area (Å²) in [5.74, 6) is -0.403. The van der Waals surface area contributed by atoms with Crippen LogP contribution in [-0.4, -0.2) is 66.2 Å². The number of nitro groups is 1. The molecule has 0 unspecified atom stereocenters. The molecule has 10 nitrogen and oxygen atoms in total. The molecule has 4 rings (SSSR count). The maximum atomic E-state index is 13.2. The van der Waals surface area contributed by atoms with E-state index >= 15 is 0 Å². The Labute approximate surface area is 160 Å². The van der Waals surface area contributed by atoms with Gasteiger partial charge in [-0.05, 0) is 12.0 Å². The van der Waals surface area contributed by atoms with Gasteiger partial charge in [0.2, 0.25) is 0 Å². The third kappa shape index (κ3) is 2.91. The molecule has 1 saturated heterocycles. The standard InChI is InChI=1S/C17H18N4O6S/c1-19-13-8-20(12-5-6-28(26,27)9-12)16(22)14(13)15(18-17(19)23)10-3-2-4-11(7-10)21(24)25/h2-4,7,12,15H,5-6,8-9H2,1H3,(H,18,23)/t12-,15+/m1/s1. The van der Waals surface area contributed by atoms with Gasteiger partial charge in [-0.15, -0.1) is 0 Å². The number of carbonyl (C=O) groups is 2. The molecule has 148 valence electrons. The Morgan fingerprint density at radius 1 is 1.29 bits per heavy atom. The summed E-state index contributed by atoms with van der Waals surface area (Å²) in [5, 5.41) is 13.8. The molecule has 11 heteroatoms. The zero-order valence-corrected chi connectivity index (χ0v) is 15.8. The van der Waals surface area contributed by atoms with E-state index in [1.165, 1.54) is 35.0 Å². The minimum absolute atomic E-state index is 0.0352. The Kier molecular flexibility index (Phi) is 4.14. The van der Waals surface area contributed by atoms with Gasteiger partial charge >= 0.3 is 6.03 Å². The van der Waals surface area contributed by atoms with Crippen LogP contribution in [0.2, 0.25) is 0 Å². The highest BCUT2D eigenvalue weighted by molar-refractivity contribution is 7.91. The number of urea groups is 1. The Morgan fingerprint density at radius 2 is 2.04 bits per heavy atom. The number of nitrogens with one attached hydrogen (secondary N) is 1. The van der Waals surface area contributed by atoms with Crippen LogP contribution in [0.1, 0.15) is 18.0 Å². The number of benzene rings is 1. The highest BCUT2D eigenvalue weighted by Gasteiger charge is 2.46. The van der Waals surface area contributed by atoms with Crippen molar-refractivity contribution in [2.45, 2.75) is 18.5 Å². The molecule has 1 N–H and O–H groups in total. The van der Waals surface area contributed by atoms with Crippen molar-refractivity contribution >= 4 is 27.5 Å². The fourth-order valence-electron chi connectivity index (χ4n) is 3.97. The first-order valence-corrected chi connectivity index (χ1v) is 10.5. The molecule has 2 atom stereocenters. The van der Waals surface area contributed by atoms with Crippen LogP contribution < -0.4 is 5.32 Å². The van der Waals surface area contributed by atoms with E-state index in [-0.39, 0.29) is 29.6 Å². The molecule has 3 amide bonds. The van der Waals surface area contributed by atoms with Crippen molar-refractivity contribution in [2.24, 2.45) is 0 Å². The number of nitro benzene ring substituents is 1. The number of likely N-dealkylation sites (N-methyl/N-ethyl adjacent to an activating group) is 1. The van der Waals surface area contributed by atoms with Crippen molar-refractivity contribution in [3.05, 3.63) is 51.2 Å². The van der Waals surface area contributed by atoms with Crippen molar-refractivity contribution in [3.63, 3.8) is 0 Å². The smallest absolute Gasteiger partial charge is 0.322 e. The first kappa shape index (κ1) is 18.4. The van der Waals surface area contributed by atoms with Crippen LogP contribution in [0.3, 0.4) is 0 Å². The lowest BCUT2D eigenvalue weighted by Gasteiger charge is -2.31. The Bertz CT molecular complexity index is 1030. The zero-order valence-electron chi connectivity index (χ0n) is 15.0. The van der Waals surface area contributed by atoms with E-state index in [2.05, 4.69) is 5.32 Å². The first-order valence-electron chi connectivity index (χ1n) is 8.71. The molecule has 1 fully saturated rings. The number of hydrogen-bond donors (Lipinski definition) is 1. The van der Waals surface area contributed by atoms with E-state index in [0.29, 0.717) is 23.3 Å². The van der Waals surface area contributed by atoms with E-state index in [1.54, 1.807) is 6.07 Å². The van der Waals surface area contributed by atoms with Crippen LogP contribution in [0.4, 0.5) is 10.5 Å².